The van der Waals surface area contributed by atoms with Crippen molar-refractivity contribution in [3.8, 4) is 0 Å². The second-order valence-corrected chi connectivity index (χ2v) is 14.0. The van der Waals surface area contributed by atoms with Crippen molar-refractivity contribution in [1.29, 1.82) is 0 Å². The van der Waals surface area contributed by atoms with Crippen molar-refractivity contribution in [3.05, 3.63) is 95.0 Å². The first-order valence-electron chi connectivity index (χ1n) is 12.2. The van der Waals surface area contributed by atoms with Crippen LogP contribution in [0.25, 0.3) is 16.3 Å². The van der Waals surface area contributed by atoms with E-state index in [1.54, 1.807) is 23.1 Å². The summed E-state index contributed by atoms with van der Waals surface area (Å²) in [5.74, 6) is -0.566. The highest BCUT2D eigenvalue weighted by molar-refractivity contribution is 8.03. The van der Waals surface area contributed by atoms with E-state index in [0.29, 0.717) is 25.9 Å². The molecule has 0 atom stereocenters. The zero-order valence-electron chi connectivity index (χ0n) is 21.0. The maximum atomic E-state index is 11.1. The number of fused-ring (bicyclic) bond motifs is 2. The van der Waals surface area contributed by atoms with Gasteiger partial charge >= 0.3 is 0 Å². The molecule has 0 spiro atoms. The third-order valence-electron chi connectivity index (χ3n) is 5.76. The van der Waals surface area contributed by atoms with Gasteiger partial charge in [-0.3, -0.25) is 9.11 Å². The SMILES string of the molecule is O=S(=O)(O)CCCN1/C(=C/C=C/C=C/C=C/c2sc3ccccc3[n+]2CCCS(=O)(=O)O)Sc2ccccc21. The number of aryl methyl sites for hydroxylation is 1. The molecule has 1 aliphatic rings. The van der Waals surface area contributed by atoms with Crippen LogP contribution in [0.5, 0.6) is 0 Å². The zero-order valence-corrected chi connectivity index (χ0v) is 24.2. The highest BCUT2D eigenvalue weighted by Gasteiger charge is 2.24. The summed E-state index contributed by atoms with van der Waals surface area (Å²) in [7, 11) is -8.00. The standard InChI is InChI=1S/C27H28N2O6S4/c30-38(31,32)20-10-18-28-22-12-6-8-14-24(22)36-26(28)16-4-2-1-3-5-17-27-29(19-11-21-39(33,34)35)23-13-7-9-15-25(23)37-27/h1-9,12-17H,10-11,18-21H2,(H-,30,31,32,33,34,35)/p+1. The number of hydrogen-bond donors (Lipinski definition) is 2. The van der Waals surface area contributed by atoms with Crippen LogP contribution in [-0.4, -0.2) is 44.0 Å². The average Bonchev–Trinajstić information content (AvgIpc) is 3.40. The van der Waals surface area contributed by atoms with E-state index in [-0.39, 0.29) is 11.5 Å². The van der Waals surface area contributed by atoms with Crippen molar-refractivity contribution >= 4 is 65.3 Å². The molecule has 8 nitrogen and oxygen atoms in total. The largest absolute Gasteiger partial charge is 0.335 e. The third kappa shape index (κ3) is 8.62. The molecule has 1 aromatic heterocycles. The number of hydrogen-bond acceptors (Lipinski definition) is 7. The smallest absolute Gasteiger partial charge is 0.265 e. The van der Waals surface area contributed by atoms with Crippen LogP contribution in [0, 0.1) is 0 Å². The molecule has 206 valence electrons. The molecule has 1 aliphatic heterocycles. The number of para-hydroxylation sites is 2. The van der Waals surface area contributed by atoms with E-state index in [1.165, 1.54) is 0 Å². The Kier molecular flexibility index (Phi) is 9.81. The maximum absolute atomic E-state index is 11.1. The summed E-state index contributed by atoms with van der Waals surface area (Å²) in [6.07, 6.45) is 14.1. The lowest BCUT2D eigenvalue weighted by atomic mass is 10.3. The minimum atomic E-state index is -4.00. The third-order valence-corrected chi connectivity index (χ3v) is 9.63. The molecule has 2 heterocycles. The lowest BCUT2D eigenvalue weighted by Gasteiger charge is -2.19. The Morgan fingerprint density at radius 3 is 2.28 bits per heavy atom. The summed E-state index contributed by atoms with van der Waals surface area (Å²) in [6, 6.07) is 15.8. The highest BCUT2D eigenvalue weighted by atomic mass is 32.2. The van der Waals surface area contributed by atoms with Crippen molar-refractivity contribution in [2.45, 2.75) is 24.3 Å². The summed E-state index contributed by atoms with van der Waals surface area (Å²) >= 11 is 3.22. The average molecular weight is 606 g/mol. The van der Waals surface area contributed by atoms with E-state index >= 15 is 0 Å². The van der Waals surface area contributed by atoms with Crippen LogP contribution in [0.2, 0.25) is 0 Å². The zero-order chi connectivity index (χ0) is 27.9. The first-order valence-corrected chi connectivity index (χ1v) is 17.0. The van der Waals surface area contributed by atoms with Gasteiger partial charge in [0.25, 0.3) is 25.2 Å². The number of rotatable bonds is 12. The number of nitrogens with zero attached hydrogens (tertiary/aromatic N) is 2. The number of aromatic nitrogens is 1. The first-order chi connectivity index (χ1) is 18.6. The molecule has 0 bridgehead atoms. The maximum Gasteiger partial charge on any atom is 0.265 e. The normalized spacial score (nSPS) is 15.5. The van der Waals surface area contributed by atoms with Gasteiger partial charge < -0.3 is 4.90 Å². The molecule has 2 N–H and O–H groups in total. The number of thioether (sulfide) groups is 1. The van der Waals surface area contributed by atoms with Crippen molar-refractivity contribution in [2.24, 2.45) is 0 Å². The molecule has 0 aliphatic carbocycles. The molecule has 0 saturated carbocycles. The summed E-state index contributed by atoms with van der Waals surface area (Å²) in [4.78, 5) is 3.15. The molecule has 0 saturated heterocycles. The van der Waals surface area contributed by atoms with Crippen LogP contribution < -0.4 is 9.47 Å². The van der Waals surface area contributed by atoms with Gasteiger partial charge in [-0.2, -0.15) is 21.4 Å². The Morgan fingerprint density at radius 2 is 1.49 bits per heavy atom. The Hall–Kier alpha value is -2.74. The van der Waals surface area contributed by atoms with E-state index in [2.05, 4.69) is 9.47 Å². The van der Waals surface area contributed by atoms with Gasteiger partial charge in [-0.15, -0.1) is 0 Å². The van der Waals surface area contributed by atoms with Crippen LogP contribution in [-0.2, 0) is 26.8 Å². The topological polar surface area (TPSA) is 116 Å². The number of anilines is 1. The molecule has 0 fully saturated rings. The molecule has 12 heteroatoms. The van der Waals surface area contributed by atoms with Gasteiger partial charge in [-0.05, 0) is 30.7 Å². The monoisotopic (exact) mass is 605 g/mol. The van der Waals surface area contributed by atoms with E-state index in [9.17, 15) is 16.8 Å². The summed E-state index contributed by atoms with van der Waals surface area (Å²) in [5.41, 5.74) is 2.04. The van der Waals surface area contributed by atoms with Gasteiger partial charge in [0.15, 0.2) is 6.54 Å². The van der Waals surface area contributed by atoms with Gasteiger partial charge in [-0.1, -0.05) is 77.7 Å². The molecular weight excluding hydrogens is 577 g/mol. The molecule has 0 unspecified atom stereocenters. The van der Waals surface area contributed by atoms with Gasteiger partial charge in [0.1, 0.15) is 4.70 Å². The van der Waals surface area contributed by atoms with Gasteiger partial charge in [-0.25, -0.2) is 0 Å². The molecule has 4 rings (SSSR count). The minimum Gasteiger partial charge on any atom is -0.335 e. The molecular formula is C27H29N2O6S4+. The van der Waals surface area contributed by atoms with Gasteiger partial charge in [0.2, 0.25) is 5.52 Å². The van der Waals surface area contributed by atoms with E-state index in [4.69, 9.17) is 9.11 Å². The summed E-state index contributed by atoms with van der Waals surface area (Å²) in [6.45, 7) is 0.947. The second kappa shape index (κ2) is 13.1. The number of thiazole rings is 1. The molecule has 39 heavy (non-hydrogen) atoms. The Labute approximate surface area is 237 Å². The van der Waals surface area contributed by atoms with E-state index < -0.39 is 20.2 Å². The Bertz CT molecular complexity index is 1650. The summed E-state index contributed by atoms with van der Waals surface area (Å²) in [5, 5.41) is 1.95. The Morgan fingerprint density at radius 1 is 0.821 bits per heavy atom. The lowest BCUT2D eigenvalue weighted by molar-refractivity contribution is -0.668. The molecule has 2 aromatic carbocycles. The van der Waals surface area contributed by atoms with Crippen LogP contribution >= 0.6 is 23.1 Å². The van der Waals surface area contributed by atoms with Crippen LogP contribution in [0.1, 0.15) is 17.8 Å². The minimum absolute atomic E-state index is 0.283. The predicted molar refractivity (Wildman–Crippen MR) is 159 cm³/mol. The van der Waals surface area contributed by atoms with Gasteiger partial charge in [0.05, 0.1) is 22.2 Å². The fraction of sp³-hybridized carbons (Fsp3) is 0.222. The van der Waals surface area contributed by atoms with Crippen LogP contribution in [0.15, 0.2) is 94.9 Å². The second-order valence-electron chi connectivity index (χ2n) is 8.69. The van der Waals surface area contributed by atoms with E-state index in [0.717, 1.165) is 30.8 Å². The fourth-order valence-corrected chi connectivity index (χ4v) is 7.28. The van der Waals surface area contributed by atoms with Crippen molar-refractivity contribution in [2.75, 3.05) is 23.0 Å². The Balaban J connectivity index is 1.41. The first kappa shape index (κ1) is 29.2. The molecule has 0 radical (unpaired) electrons. The van der Waals surface area contributed by atoms with Gasteiger partial charge in [0, 0.05) is 30.0 Å². The quantitative estimate of drug-likeness (QED) is 0.162. The predicted octanol–water partition coefficient (Wildman–Crippen LogP) is 5.32. The highest BCUT2D eigenvalue weighted by Crippen LogP contribution is 2.45. The van der Waals surface area contributed by atoms with Crippen LogP contribution in [0.4, 0.5) is 5.69 Å². The summed E-state index contributed by atoms with van der Waals surface area (Å²) < 4.78 is 65.8. The van der Waals surface area contributed by atoms with Crippen molar-refractivity contribution in [1.82, 2.24) is 0 Å². The van der Waals surface area contributed by atoms with Crippen molar-refractivity contribution in [3.63, 3.8) is 0 Å². The van der Waals surface area contributed by atoms with Crippen LogP contribution in [0.3, 0.4) is 0 Å². The van der Waals surface area contributed by atoms with E-state index in [1.807, 2.05) is 91.1 Å². The van der Waals surface area contributed by atoms with Crippen molar-refractivity contribution < 1.29 is 30.5 Å². The molecule has 0 amide bonds. The lowest BCUT2D eigenvalue weighted by Crippen LogP contribution is -2.35. The molecule has 3 aromatic rings. The fourth-order valence-electron chi connectivity index (χ4n) is 4.09. The number of benzene rings is 2. The number of allylic oxidation sites excluding steroid dienone is 6.